The van der Waals surface area contributed by atoms with Crippen molar-refractivity contribution < 1.29 is 22.8 Å². The molecular formula is C27H27F3N2O2S. The zero-order valence-corrected chi connectivity index (χ0v) is 20.6. The lowest BCUT2D eigenvalue weighted by molar-refractivity contribution is -0.137. The van der Waals surface area contributed by atoms with Crippen molar-refractivity contribution >= 4 is 33.8 Å². The lowest BCUT2D eigenvalue weighted by Gasteiger charge is -2.33. The van der Waals surface area contributed by atoms with E-state index in [-0.39, 0.29) is 17.0 Å². The third-order valence-electron chi connectivity index (χ3n) is 6.43. The Balaban J connectivity index is 1.68. The van der Waals surface area contributed by atoms with E-state index in [1.54, 1.807) is 30.3 Å². The maximum Gasteiger partial charge on any atom is 0.416 e. The molecule has 1 atom stereocenters. The van der Waals surface area contributed by atoms with Gasteiger partial charge in [0.1, 0.15) is 5.00 Å². The average molecular weight is 501 g/mol. The summed E-state index contributed by atoms with van der Waals surface area (Å²) in [4.78, 5) is 27.3. The minimum atomic E-state index is -4.51. The van der Waals surface area contributed by atoms with Crippen molar-refractivity contribution in [3.63, 3.8) is 0 Å². The minimum Gasteiger partial charge on any atom is -0.322 e. The van der Waals surface area contributed by atoms with Gasteiger partial charge in [0.15, 0.2) is 0 Å². The Kier molecular flexibility index (Phi) is 6.77. The smallest absolute Gasteiger partial charge is 0.322 e. The van der Waals surface area contributed by atoms with Gasteiger partial charge in [-0.15, -0.1) is 11.3 Å². The quantitative estimate of drug-likeness (QED) is 0.392. The molecule has 0 fully saturated rings. The monoisotopic (exact) mass is 500 g/mol. The normalized spacial score (nSPS) is 15.9. The van der Waals surface area contributed by atoms with Gasteiger partial charge in [0.05, 0.1) is 11.1 Å². The maximum absolute atomic E-state index is 13.4. The lowest BCUT2D eigenvalue weighted by Crippen LogP contribution is -2.27. The third-order valence-corrected chi connectivity index (χ3v) is 7.60. The summed E-state index contributed by atoms with van der Waals surface area (Å²) in [5, 5.41) is 5.92. The molecule has 1 unspecified atom stereocenters. The third kappa shape index (κ3) is 5.59. The van der Waals surface area contributed by atoms with Crippen LogP contribution in [0, 0.1) is 11.3 Å². The molecule has 4 rings (SSSR count). The Labute approximate surface area is 206 Å². The summed E-state index contributed by atoms with van der Waals surface area (Å²) in [5.41, 5.74) is 0.954. The molecule has 4 nitrogen and oxygen atoms in total. The van der Waals surface area contributed by atoms with Crippen LogP contribution in [0.3, 0.4) is 0 Å². The predicted octanol–water partition coefficient (Wildman–Crippen LogP) is 7.42. The summed E-state index contributed by atoms with van der Waals surface area (Å²) in [7, 11) is 0. The van der Waals surface area contributed by atoms with E-state index in [1.165, 1.54) is 23.5 Å². The summed E-state index contributed by atoms with van der Waals surface area (Å²) in [5.74, 6) is -0.449. The van der Waals surface area contributed by atoms with Crippen LogP contribution >= 0.6 is 11.3 Å². The van der Waals surface area contributed by atoms with Gasteiger partial charge in [-0.05, 0) is 66.5 Å². The van der Waals surface area contributed by atoms with Gasteiger partial charge in [-0.3, -0.25) is 9.59 Å². The molecule has 0 aliphatic heterocycles. The topological polar surface area (TPSA) is 58.2 Å². The summed E-state index contributed by atoms with van der Waals surface area (Å²) < 4.78 is 39.4. The molecule has 0 saturated carbocycles. The number of hydrogen-bond donors (Lipinski definition) is 2. The predicted molar refractivity (Wildman–Crippen MR) is 133 cm³/mol. The van der Waals surface area contributed by atoms with Crippen molar-refractivity contribution in [1.29, 1.82) is 0 Å². The van der Waals surface area contributed by atoms with Crippen molar-refractivity contribution in [1.82, 2.24) is 0 Å². The second-order valence-corrected chi connectivity index (χ2v) is 11.0. The molecule has 1 heterocycles. The molecule has 2 N–H and O–H groups in total. The van der Waals surface area contributed by atoms with Crippen LogP contribution in [-0.2, 0) is 19.0 Å². The maximum atomic E-state index is 13.4. The molecule has 0 radical (unpaired) electrons. The highest BCUT2D eigenvalue weighted by Crippen LogP contribution is 2.44. The molecule has 0 saturated heterocycles. The van der Waals surface area contributed by atoms with Gasteiger partial charge < -0.3 is 10.6 Å². The number of benzene rings is 2. The fourth-order valence-corrected chi connectivity index (χ4v) is 5.70. The number of amides is 2. The average Bonchev–Trinajstić information content (AvgIpc) is 3.15. The van der Waals surface area contributed by atoms with Crippen LogP contribution in [-0.4, -0.2) is 11.8 Å². The number of anilines is 2. The Bertz CT molecular complexity index is 1240. The molecule has 1 aliphatic carbocycles. The van der Waals surface area contributed by atoms with E-state index in [0.717, 1.165) is 35.4 Å². The molecular weight excluding hydrogens is 473 g/mol. The molecule has 2 amide bonds. The van der Waals surface area contributed by atoms with Crippen LogP contribution in [0.5, 0.6) is 0 Å². The van der Waals surface area contributed by atoms with Gasteiger partial charge in [0.2, 0.25) is 0 Å². The van der Waals surface area contributed by atoms with Gasteiger partial charge in [-0.1, -0.05) is 45.0 Å². The number of halogens is 3. The van der Waals surface area contributed by atoms with Crippen LogP contribution in [0.25, 0.3) is 0 Å². The zero-order chi connectivity index (χ0) is 25.4. The summed E-state index contributed by atoms with van der Waals surface area (Å²) in [6, 6.07) is 13.2. The first-order chi connectivity index (χ1) is 16.4. The number of carbonyl (C=O) groups excluding carboxylic acids is 2. The number of nitrogens with one attached hydrogen (secondary N) is 2. The van der Waals surface area contributed by atoms with Crippen molar-refractivity contribution in [2.24, 2.45) is 11.3 Å². The number of fused-ring (bicyclic) bond motifs is 1. The van der Waals surface area contributed by atoms with E-state index in [9.17, 15) is 22.8 Å². The van der Waals surface area contributed by atoms with Crippen molar-refractivity contribution in [3.8, 4) is 0 Å². The molecule has 1 aromatic heterocycles. The SMILES string of the molecule is CC(C)(C)C1CCc2c(sc(NC(=O)c3ccccc3)c2C(=O)Nc2cccc(C(F)(F)F)c2)C1. The van der Waals surface area contributed by atoms with Crippen molar-refractivity contribution in [2.45, 2.75) is 46.2 Å². The van der Waals surface area contributed by atoms with Crippen LogP contribution in [0.4, 0.5) is 23.9 Å². The highest BCUT2D eigenvalue weighted by atomic mass is 32.1. The number of alkyl halides is 3. The van der Waals surface area contributed by atoms with Crippen LogP contribution < -0.4 is 10.6 Å². The van der Waals surface area contributed by atoms with E-state index < -0.39 is 17.6 Å². The van der Waals surface area contributed by atoms with E-state index >= 15 is 0 Å². The van der Waals surface area contributed by atoms with Gasteiger partial charge in [-0.25, -0.2) is 0 Å². The molecule has 8 heteroatoms. The fourth-order valence-electron chi connectivity index (χ4n) is 4.39. The van der Waals surface area contributed by atoms with E-state index in [0.29, 0.717) is 28.5 Å². The van der Waals surface area contributed by atoms with Crippen LogP contribution in [0.1, 0.15) is 63.9 Å². The molecule has 184 valence electrons. The number of carbonyl (C=O) groups is 2. The minimum absolute atomic E-state index is 0.0495. The number of rotatable bonds is 4. The highest BCUT2D eigenvalue weighted by Gasteiger charge is 2.35. The summed E-state index contributed by atoms with van der Waals surface area (Å²) in [6.45, 7) is 6.57. The van der Waals surface area contributed by atoms with Crippen molar-refractivity contribution in [3.05, 3.63) is 81.7 Å². The standard InChI is InChI=1S/C27H27F3N2O2S/c1-26(2,3)17-12-13-20-21(15-17)35-25(32-23(33)16-8-5-4-6-9-16)22(20)24(34)31-19-11-7-10-18(14-19)27(28,29)30/h4-11,14,17H,12-13,15H2,1-3H3,(H,31,34)(H,32,33). The first-order valence-corrected chi connectivity index (χ1v) is 12.2. The second-order valence-electron chi connectivity index (χ2n) is 9.87. The van der Waals surface area contributed by atoms with Crippen LogP contribution in [0.2, 0.25) is 0 Å². The fraction of sp³-hybridized carbons (Fsp3) is 0.333. The van der Waals surface area contributed by atoms with Gasteiger partial charge in [0, 0.05) is 16.1 Å². The highest BCUT2D eigenvalue weighted by molar-refractivity contribution is 7.17. The van der Waals surface area contributed by atoms with Gasteiger partial charge in [-0.2, -0.15) is 13.2 Å². The van der Waals surface area contributed by atoms with E-state index in [1.807, 2.05) is 0 Å². The molecule has 3 aromatic rings. The largest absolute Gasteiger partial charge is 0.416 e. The second kappa shape index (κ2) is 9.49. The number of hydrogen-bond acceptors (Lipinski definition) is 3. The molecule has 1 aliphatic rings. The van der Waals surface area contributed by atoms with Gasteiger partial charge in [0.25, 0.3) is 11.8 Å². The Morgan fingerprint density at radius 2 is 1.66 bits per heavy atom. The lowest BCUT2D eigenvalue weighted by atomic mass is 9.72. The molecule has 2 aromatic carbocycles. The molecule has 0 bridgehead atoms. The van der Waals surface area contributed by atoms with Crippen molar-refractivity contribution in [2.75, 3.05) is 10.6 Å². The van der Waals surface area contributed by atoms with Gasteiger partial charge >= 0.3 is 6.18 Å². The first kappa shape index (κ1) is 25.0. The Morgan fingerprint density at radius 1 is 0.943 bits per heavy atom. The zero-order valence-electron chi connectivity index (χ0n) is 19.8. The first-order valence-electron chi connectivity index (χ1n) is 11.4. The Hall–Kier alpha value is -3.13. The number of thiophene rings is 1. The molecule has 35 heavy (non-hydrogen) atoms. The van der Waals surface area contributed by atoms with E-state index in [2.05, 4.69) is 31.4 Å². The summed E-state index contributed by atoms with van der Waals surface area (Å²) in [6.07, 6.45) is -2.17. The summed E-state index contributed by atoms with van der Waals surface area (Å²) >= 11 is 1.38. The van der Waals surface area contributed by atoms with E-state index in [4.69, 9.17) is 0 Å². The molecule has 0 spiro atoms. The Morgan fingerprint density at radius 3 is 2.31 bits per heavy atom. The van der Waals surface area contributed by atoms with Crippen LogP contribution in [0.15, 0.2) is 54.6 Å².